The van der Waals surface area contributed by atoms with Crippen molar-refractivity contribution in [1.82, 2.24) is 4.31 Å². The van der Waals surface area contributed by atoms with Gasteiger partial charge in [-0.2, -0.15) is 0 Å². The zero-order chi connectivity index (χ0) is 17.9. The van der Waals surface area contributed by atoms with Gasteiger partial charge in [0.2, 0.25) is 10.0 Å². The third-order valence-electron chi connectivity index (χ3n) is 4.46. The van der Waals surface area contributed by atoms with Crippen LogP contribution < -0.4 is 4.90 Å². The number of carbonyl (C=O) groups excluding carboxylic acids is 1. The van der Waals surface area contributed by atoms with Crippen LogP contribution in [-0.4, -0.2) is 38.8 Å². The quantitative estimate of drug-likeness (QED) is 0.826. The summed E-state index contributed by atoms with van der Waals surface area (Å²) in [5.74, 6) is -0.143. The number of nitrogens with zero attached hydrogens (tertiary/aromatic N) is 2. The molecule has 0 atom stereocenters. The number of hydrogen-bond donors (Lipinski definition) is 0. The molecule has 0 spiro atoms. The number of para-hydroxylation sites is 1. The van der Waals surface area contributed by atoms with Crippen molar-refractivity contribution in [2.75, 3.05) is 25.0 Å². The van der Waals surface area contributed by atoms with Crippen LogP contribution in [0.4, 0.5) is 5.69 Å². The Bertz CT molecular complexity index is 827. The first-order chi connectivity index (χ1) is 12.0. The van der Waals surface area contributed by atoms with Gasteiger partial charge in [0.15, 0.2) is 0 Å². The van der Waals surface area contributed by atoms with Crippen LogP contribution in [0.3, 0.4) is 0 Å². The van der Waals surface area contributed by atoms with Crippen molar-refractivity contribution in [2.45, 2.75) is 18.6 Å². The second kappa shape index (κ2) is 7.37. The normalized spacial score (nSPS) is 15.2. The van der Waals surface area contributed by atoms with Crippen LogP contribution in [0.5, 0.6) is 0 Å². The lowest BCUT2D eigenvalue weighted by Crippen LogP contribution is -2.29. The van der Waals surface area contributed by atoms with Crippen LogP contribution in [0.1, 0.15) is 28.8 Å². The summed E-state index contributed by atoms with van der Waals surface area (Å²) in [5.41, 5.74) is 2.05. The van der Waals surface area contributed by atoms with Gasteiger partial charge in [0.25, 0.3) is 5.91 Å². The van der Waals surface area contributed by atoms with Crippen LogP contribution in [0.2, 0.25) is 0 Å². The molecule has 3 rings (SSSR count). The third kappa shape index (κ3) is 4.08. The molecule has 1 aliphatic heterocycles. The number of carbonyl (C=O) groups is 1. The van der Waals surface area contributed by atoms with Gasteiger partial charge < -0.3 is 4.90 Å². The molecule has 0 aliphatic carbocycles. The summed E-state index contributed by atoms with van der Waals surface area (Å²) in [5, 5.41) is 0. The van der Waals surface area contributed by atoms with E-state index in [4.69, 9.17) is 0 Å². The van der Waals surface area contributed by atoms with Crippen LogP contribution in [0.15, 0.2) is 54.6 Å². The molecule has 1 saturated heterocycles. The molecule has 1 amide bonds. The van der Waals surface area contributed by atoms with E-state index in [-0.39, 0.29) is 11.7 Å². The number of sulfonamides is 1. The minimum Gasteiger partial charge on any atom is -0.311 e. The van der Waals surface area contributed by atoms with Crippen molar-refractivity contribution in [2.24, 2.45) is 0 Å². The number of rotatable bonds is 5. The van der Waals surface area contributed by atoms with E-state index >= 15 is 0 Å². The van der Waals surface area contributed by atoms with E-state index in [1.54, 1.807) is 40.5 Å². The molecule has 1 fully saturated rings. The first-order valence-electron chi connectivity index (χ1n) is 8.37. The van der Waals surface area contributed by atoms with Gasteiger partial charge in [0.1, 0.15) is 0 Å². The highest BCUT2D eigenvalue weighted by atomic mass is 32.2. The summed E-state index contributed by atoms with van der Waals surface area (Å²) < 4.78 is 26.3. The maximum Gasteiger partial charge on any atom is 0.258 e. The summed E-state index contributed by atoms with van der Waals surface area (Å²) in [6, 6.07) is 16.2. The minimum atomic E-state index is -3.27. The maximum atomic E-state index is 12.6. The predicted octanol–water partition coefficient (Wildman–Crippen LogP) is 2.89. The van der Waals surface area contributed by atoms with Crippen molar-refractivity contribution in [3.05, 3.63) is 65.7 Å². The average Bonchev–Trinajstić information content (AvgIpc) is 3.17. The lowest BCUT2D eigenvalue weighted by molar-refractivity contribution is 0.0993. The Labute approximate surface area is 148 Å². The van der Waals surface area contributed by atoms with Crippen molar-refractivity contribution in [3.63, 3.8) is 0 Å². The van der Waals surface area contributed by atoms with Crippen molar-refractivity contribution in [3.8, 4) is 0 Å². The van der Waals surface area contributed by atoms with E-state index in [0.717, 1.165) is 18.5 Å². The Morgan fingerprint density at radius 1 is 1.00 bits per heavy atom. The molecule has 0 N–H and O–H groups in total. The Hall–Kier alpha value is -2.18. The minimum absolute atomic E-state index is 0.0179. The monoisotopic (exact) mass is 358 g/mol. The number of benzene rings is 2. The Morgan fingerprint density at radius 2 is 1.60 bits per heavy atom. The van der Waals surface area contributed by atoms with Crippen LogP contribution in [0, 0.1) is 0 Å². The van der Waals surface area contributed by atoms with Gasteiger partial charge in [0.05, 0.1) is 5.75 Å². The SMILES string of the molecule is CN(C(=O)c1ccc(CS(=O)(=O)N2CCCC2)cc1)c1ccccc1. The average molecular weight is 358 g/mol. The zero-order valence-corrected chi connectivity index (χ0v) is 15.1. The van der Waals surface area contributed by atoms with Gasteiger partial charge in [-0.25, -0.2) is 12.7 Å². The van der Waals surface area contributed by atoms with Crippen LogP contribution in [-0.2, 0) is 15.8 Å². The predicted molar refractivity (Wildman–Crippen MR) is 99.0 cm³/mol. The standard InChI is InChI=1S/C19H22N2O3S/c1-20(18-7-3-2-4-8-18)19(22)17-11-9-16(10-12-17)15-25(23,24)21-13-5-6-14-21/h2-4,7-12H,5-6,13-15H2,1H3. The van der Waals surface area contributed by atoms with E-state index < -0.39 is 10.0 Å². The summed E-state index contributed by atoms with van der Waals surface area (Å²) in [7, 11) is -1.54. The highest BCUT2D eigenvalue weighted by molar-refractivity contribution is 7.88. The van der Waals surface area contributed by atoms with E-state index in [1.165, 1.54) is 0 Å². The van der Waals surface area contributed by atoms with Gasteiger partial charge in [-0.1, -0.05) is 30.3 Å². The molecule has 0 bridgehead atoms. The van der Waals surface area contributed by atoms with Gasteiger partial charge in [-0.15, -0.1) is 0 Å². The molecule has 1 heterocycles. The van der Waals surface area contributed by atoms with E-state index in [0.29, 0.717) is 24.2 Å². The van der Waals surface area contributed by atoms with E-state index in [1.807, 2.05) is 30.3 Å². The van der Waals surface area contributed by atoms with Gasteiger partial charge >= 0.3 is 0 Å². The molecular weight excluding hydrogens is 336 g/mol. The molecule has 5 nitrogen and oxygen atoms in total. The molecule has 132 valence electrons. The molecule has 2 aromatic carbocycles. The second-order valence-corrected chi connectivity index (χ2v) is 8.23. The summed E-state index contributed by atoms with van der Waals surface area (Å²) in [4.78, 5) is 14.1. The third-order valence-corrected chi connectivity index (χ3v) is 6.31. The smallest absolute Gasteiger partial charge is 0.258 e. The van der Waals surface area contributed by atoms with E-state index in [2.05, 4.69) is 0 Å². The van der Waals surface area contributed by atoms with Crippen molar-refractivity contribution in [1.29, 1.82) is 0 Å². The molecule has 0 radical (unpaired) electrons. The van der Waals surface area contributed by atoms with Crippen molar-refractivity contribution >= 4 is 21.6 Å². The fraction of sp³-hybridized carbons (Fsp3) is 0.316. The van der Waals surface area contributed by atoms with Gasteiger partial charge in [-0.3, -0.25) is 4.79 Å². The first-order valence-corrected chi connectivity index (χ1v) is 9.98. The highest BCUT2D eigenvalue weighted by Crippen LogP contribution is 2.19. The van der Waals surface area contributed by atoms with E-state index in [9.17, 15) is 13.2 Å². The summed E-state index contributed by atoms with van der Waals surface area (Å²) in [6.07, 6.45) is 1.86. The Kier molecular flexibility index (Phi) is 5.20. The number of amides is 1. The summed E-state index contributed by atoms with van der Waals surface area (Å²) >= 11 is 0. The molecule has 25 heavy (non-hydrogen) atoms. The fourth-order valence-corrected chi connectivity index (χ4v) is 4.59. The van der Waals surface area contributed by atoms with Crippen LogP contribution >= 0.6 is 0 Å². The molecule has 2 aromatic rings. The fourth-order valence-electron chi connectivity index (χ4n) is 2.97. The molecule has 0 aromatic heterocycles. The van der Waals surface area contributed by atoms with Gasteiger partial charge in [0, 0.05) is 31.4 Å². The zero-order valence-electron chi connectivity index (χ0n) is 14.3. The highest BCUT2D eigenvalue weighted by Gasteiger charge is 2.25. The second-order valence-electron chi connectivity index (χ2n) is 6.26. The number of hydrogen-bond acceptors (Lipinski definition) is 3. The molecule has 1 aliphatic rings. The molecular formula is C19H22N2O3S. The maximum absolute atomic E-state index is 12.6. The van der Waals surface area contributed by atoms with Gasteiger partial charge in [-0.05, 0) is 42.7 Å². The topological polar surface area (TPSA) is 57.7 Å². The largest absolute Gasteiger partial charge is 0.311 e. The van der Waals surface area contributed by atoms with Crippen molar-refractivity contribution < 1.29 is 13.2 Å². The molecule has 0 saturated carbocycles. The number of anilines is 1. The Balaban J connectivity index is 1.70. The lowest BCUT2D eigenvalue weighted by atomic mass is 10.1. The molecule has 6 heteroatoms. The lowest BCUT2D eigenvalue weighted by Gasteiger charge is -2.18. The first kappa shape index (κ1) is 17.6. The molecule has 0 unspecified atom stereocenters. The summed E-state index contributed by atoms with van der Waals surface area (Å²) in [6.45, 7) is 1.22. The Morgan fingerprint density at radius 3 is 2.20 bits per heavy atom. The van der Waals surface area contributed by atoms with Crippen LogP contribution in [0.25, 0.3) is 0 Å².